The van der Waals surface area contributed by atoms with Gasteiger partial charge in [0.25, 0.3) is 0 Å². The van der Waals surface area contributed by atoms with E-state index in [1.807, 2.05) is 0 Å². The Morgan fingerprint density at radius 1 is 1.31 bits per heavy atom. The molecule has 1 aromatic rings. The molecular weight excluding hydrogens is 192 g/mol. The molecule has 0 bridgehead atoms. The first-order valence-electron chi connectivity index (χ1n) is 3.65. The summed E-state index contributed by atoms with van der Waals surface area (Å²) in [6.07, 6.45) is 0.592. The molecule has 0 fully saturated rings. The van der Waals surface area contributed by atoms with E-state index in [1.165, 1.54) is 0 Å². The smallest absolute Gasteiger partial charge is 0.191 e. The molecule has 1 aromatic heterocycles. The fourth-order valence-corrected chi connectivity index (χ4v) is 0.869. The molecule has 0 atom stereocenters. The largest absolute Gasteiger partial charge is 0.216 e. The van der Waals surface area contributed by atoms with E-state index < -0.39 is 11.9 Å². The normalized spacial score (nSPS) is 9.15. The van der Waals surface area contributed by atoms with Gasteiger partial charge in [0.1, 0.15) is 0 Å². The fraction of sp³-hybridized carbons (Fsp3) is 0.222. The Morgan fingerprint density at radius 3 is 2.46 bits per heavy atom. The number of pyridine rings is 1. The zero-order valence-electron chi connectivity index (χ0n) is 6.72. The van der Waals surface area contributed by atoms with Gasteiger partial charge in [0, 0.05) is 29.9 Å². The summed E-state index contributed by atoms with van der Waals surface area (Å²) < 4.78 is 25.0. The van der Waals surface area contributed by atoms with Crippen molar-refractivity contribution < 1.29 is 8.78 Å². The van der Waals surface area contributed by atoms with Crippen molar-refractivity contribution >= 4 is 12.6 Å². The van der Waals surface area contributed by atoms with Crippen molar-refractivity contribution in [3.8, 4) is 11.8 Å². The summed E-state index contributed by atoms with van der Waals surface area (Å²) in [6.45, 7) is 0. The summed E-state index contributed by atoms with van der Waals surface area (Å²) in [5, 5.41) is 0. The Labute approximate surface area is 80.6 Å². The van der Waals surface area contributed by atoms with Gasteiger partial charge in [-0.05, 0) is 0 Å². The molecule has 1 rings (SSSR count). The standard InChI is InChI=1S/C9H7F2NS/c10-8-5-7(3-1-2-4-13)6-9(11)12-8/h5-6,13H,2,4H2. The molecule has 13 heavy (non-hydrogen) atoms. The van der Waals surface area contributed by atoms with Crippen LogP contribution in [0.15, 0.2) is 12.1 Å². The summed E-state index contributed by atoms with van der Waals surface area (Å²) in [7, 11) is 0. The SMILES string of the molecule is Fc1cc(C#CCCS)cc(F)n1. The predicted octanol–water partition coefficient (Wildman–Crippen LogP) is 2.03. The molecule has 68 valence electrons. The van der Waals surface area contributed by atoms with Crippen LogP contribution >= 0.6 is 12.6 Å². The van der Waals surface area contributed by atoms with Gasteiger partial charge in [-0.15, -0.1) is 0 Å². The third-order valence-corrected chi connectivity index (χ3v) is 1.46. The van der Waals surface area contributed by atoms with Gasteiger partial charge in [0.05, 0.1) is 0 Å². The minimum absolute atomic E-state index is 0.298. The number of rotatable bonds is 1. The monoisotopic (exact) mass is 199 g/mol. The zero-order valence-corrected chi connectivity index (χ0v) is 7.61. The molecule has 0 aliphatic carbocycles. The van der Waals surface area contributed by atoms with Crippen LogP contribution in [0.2, 0.25) is 0 Å². The maximum absolute atomic E-state index is 12.5. The van der Waals surface area contributed by atoms with E-state index in [0.717, 1.165) is 12.1 Å². The Kier molecular flexibility index (Phi) is 3.71. The van der Waals surface area contributed by atoms with Gasteiger partial charge < -0.3 is 0 Å². The lowest BCUT2D eigenvalue weighted by Crippen LogP contribution is -1.89. The third kappa shape index (κ3) is 3.43. The molecule has 0 aliphatic heterocycles. The Morgan fingerprint density at radius 2 is 1.92 bits per heavy atom. The van der Waals surface area contributed by atoms with Crippen molar-refractivity contribution in [3.63, 3.8) is 0 Å². The average molecular weight is 199 g/mol. The lowest BCUT2D eigenvalue weighted by molar-refractivity contribution is 0.512. The minimum atomic E-state index is -0.852. The number of hydrogen-bond acceptors (Lipinski definition) is 2. The van der Waals surface area contributed by atoms with E-state index in [4.69, 9.17) is 0 Å². The molecule has 0 aromatic carbocycles. The first-order chi connectivity index (χ1) is 6.22. The quantitative estimate of drug-likeness (QED) is 0.415. The molecular formula is C9H7F2NS. The van der Waals surface area contributed by atoms with Gasteiger partial charge in [0.15, 0.2) is 0 Å². The predicted molar refractivity (Wildman–Crippen MR) is 49.5 cm³/mol. The molecule has 0 saturated carbocycles. The maximum Gasteiger partial charge on any atom is 0.216 e. The lowest BCUT2D eigenvalue weighted by atomic mass is 10.2. The minimum Gasteiger partial charge on any atom is -0.191 e. The van der Waals surface area contributed by atoms with Crippen LogP contribution < -0.4 is 0 Å². The van der Waals surface area contributed by atoms with Gasteiger partial charge in [-0.3, -0.25) is 0 Å². The van der Waals surface area contributed by atoms with Crippen LogP contribution in [0.1, 0.15) is 12.0 Å². The van der Waals surface area contributed by atoms with Crippen LogP contribution in [0.4, 0.5) is 8.78 Å². The summed E-state index contributed by atoms with van der Waals surface area (Å²) in [5.74, 6) is 4.25. The highest BCUT2D eigenvalue weighted by Crippen LogP contribution is 2.02. The van der Waals surface area contributed by atoms with Crippen LogP contribution in [0.25, 0.3) is 0 Å². The molecule has 0 amide bonds. The first-order valence-corrected chi connectivity index (χ1v) is 4.28. The Hall–Kier alpha value is -1.08. The number of hydrogen-bond donors (Lipinski definition) is 1. The van der Waals surface area contributed by atoms with Gasteiger partial charge in [-0.1, -0.05) is 11.8 Å². The molecule has 0 spiro atoms. The van der Waals surface area contributed by atoms with Gasteiger partial charge in [-0.2, -0.15) is 26.4 Å². The number of aromatic nitrogens is 1. The number of thiol groups is 1. The van der Waals surface area contributed by atoms with Crippen LogP contribution in [0, 0.1) is 23.7 Å². The highest BCUT2D eigenvalue weighted by Gasteiger charge is 1.98. The second kappa shape index (κ2) is 4.83. The summed E-state index contributed by atoms with van der Waals surface area (Å²) in [5.41, 5.74) is 0.298. The van der Waals surface area contributed by atoms with Crippen molar-refractivity contribution in [1.29, 1.82) is 0 Å². The van der Waals surface area contributed by atoms with Crippen molar-refractivity contribution in [1.82, 2.24) is 4.98 Å². The molecule has 4 heteroatoms. The Bertz CT molecular complexity index is 334. The van der Waals surface area contributed by atoms with E-state index in [0.29, 0.717) is 17.7 Å². The van der Waals surface area contributed by atoms with Crippen LogP contribution in [-0.2, 0) is 0 Å². The fourth-order valence-electron chi connectivity index (χ4n) is 0.758. The Balaban J connectivity index is 2.85. The second-order valence-electron chi connectivity index (χ2n) is 2.28. The van der Waals surface area contributed by atoms with Gasteiger partial charge in [0.2, 0.25) is 11.9 Å². The molecule has 0 N–H and O–H groups in total. The average Bonchev–Trinajstić information content (AvgIpc) is 2.03. The van der Waals surface area contributed by atoms with E-state index in [2.05, 4.69) is 29.5 Å². The van der Waals surface area contributed by atoms with Gasteiger partial charge in [-0.25, -0.2) is 0 Å². The molecule has 0 saturated heterocycles. The van der Waals surface area contributed by atoms with Crippen LogP contribution in [-0.4, -0.2) is 10.7 Å². The number of nitrogens with zero attached hydrogens (tertiary/aromatic N) is 1. The molecule has 1 heterocycles. The summed E-state index contributed by atoms with van der Waals surface area (Å²) in [4.78, 5) is 2.95. The molecule has 1 nitrogen and oxygen atoms in total. The summed E-state index contributed by atoms with van der Waals surface area (Å²) in [6, 6.07) is 2.18. The highest BCUT2D eigenvalue weighted by molar-refractivity contribution is 7.80. The van der Waals surface area contributed by atoms with Crippen molar-refractivity contribution in [2.45, 2.75) is 6.42 Å². The van der Waals surface area contributed by atoms with Crippen LogP contribution in [0.5, 0.6) is 0 Å². The van der Waals surface area contributed by atoms with Crippen molar-refractivity contribution in [2.75, 3.05) is 5.75 Å². The van der Waals surface area contributed by atoms with E-state index in [-0.39, 0.29) is 0 Å². The van der Waals surface area contributed by atoms with Crippen molar-refractivity contribution in [2.24, 2.45) is 0 Å². The number of halogens is 2. The molecule has 0 unspecified atom stereocenters. The highest BCUT2D eigenvalue weighted by atomic mass is 32.1. The molecule has 0 aliphatic rings. The topological polar surface area (TPSA) is 12.9 Å². The summed E-state index contributed by atoms with van der Waals surface area (Å²) >= 11 is 3.94. The third-order valence-electron chi connectivity index (χ3n) is 1.23. The second-order valence-corrected chi connectivity index (χ2v) is 2.72. The van der Waals surface area contributed by atoms with E-state index in [9.17, 15) is 8.78 Å². The van der Waals surface area contributed by atoms with E-state index in [1.54, 1.807) is 0 Å². The van der Waals surface area contributed by atoms with Crippen molar-refractivity contribution in [3.05, 3.63) is 29.6 Å². The van der Waals surface area contributed by atoms with Crippen LogP contribution in [0.3, 0.4) is 0 Å². The first kappa shape index (κ1) is 10.0. The zero-order chi connectivity index (χ0) is 9.68. The van der Waals surface area contributed by atoms with Gasteiger partial charge >= 0.3 is 0 Å². The lowest BCUT2D eigenvalue weighted by Gasteiger charge is -1.91. The van der Waals surface area contributed by atoms with E-state index >= 15 is 0 Å². The molecule has 0 radical (unpaired) electrons. The maximum atomic E-state index is 12.5.